The Morgan fingerprint density at radius 1 is 0.720 bits per heavy atom. The van der Waals surface area contributed by atoms with Crippen LogP contribution < -0.4 is 15.4 Å². The highest BCUT2D eigenvalue weighted by Gasteiger charge is 2.46. The van der Waals surface area contributed by atoms with Crippen LogP contribution in [0, 0.1) is 0 Å². The van der Waals surface area contributed by atoms with Crippen LogP contribution in [0.25, 0.3) is 27.1 Å². The van der Waals surface area contributed by atoms with Crippen molar-refractivity contribution in [3.63, 3.8) is 0 Å². The highest BCUT2D eigenvalue weighted by atomic mass is 32.2. The van der Waals surface area contributed by atoms with Crippen molar-refractivity contribution in [1.82, 2.24) is 10.3 Å². The van der Waals surface area contributed by atoms with Crippen molar-refractivity contribution in [1.29, 1.82) is 0 Å². The van der Waals surface area contributed by atoms with Gasteiger partial charge in [0.15, 0.2) is 5.71 Å². The number of benzene rings is 5. The molecule has 6 N–H and O–H groups in total. The number of likely N-dealkylation sites (N-methyl/N-ethyl adjacent to an activating group) is 1. The van der Waals surface area contributed by atoms with Crippen LogP contribution >= 0.6 is 0 Å². The highest BCUT2D eigenvalue weighted by molar-refractivity contribution is 7.89. The van der Waals surface area contributed by atoms with Crippen LogP contribution in [0.5, 0.6) is 0 Å². The third-order valence-electron chi connectivity index (χ3n) is 13.4. The number of hydrogen-bond acceptors (Lipinski definition) is 14. The number of anilines is 1. The van der Waals surface area contributed by atoms with Crippen molar-refractivity contribution in [2.75, 3.05) is 18.0 Å². The maximum absolute atomic E-state index is 13.4. The van der Waals surface area contributed by atoms with E-state index in [0.29, 0.717) is 76.0 Å². The number of fused-ring (bicyclic) bond motifs is 6. The number of rotatable bonds is 14. The Kier molecular flexibility index (Phi) is 13.8. The maximum atomic E-state index is 13.4. The second-order valence-electron chi connectivity index (χ2n) is 18.8. The van der Waals surface area contributed by atoms with E-state index in [1.54, 1.807) is 42.5 Å². The molecule has 75 heavy (non-hydrogen) atoms. The summed E-state index contributed by atoms with van der Waals surface area (Å²) in [5.41, 5.74) is 2.83. The number of carbonyl (C=O) groups excluding carboxylic acids is 1. The lowest BCUT2D eigenvalue weighted by atomic mass is 9.79. The molecule has 0 saturated heterocycles. The van der Waals surface area contributed by atoms with Crippen LogP contribution in [0.3, 0.4) is 0 Å². The van der Waals surface area contributed by atoms with Crippen molar-refractivity contribution >= 4 is 101 Å². The summed E-state index contributed by atoms with van der Waals surface area (Å²) in [5, 5.41) is 8.17. The normalized spacial score (nSPS) is 16.6. The first kappa shape index (κ1) is 54.7. The number of nitrogens with two attached hydrogens (primary N) is 1. The molecule has 8 rings (SSSR count). The molecule has 0 unspecified atom stereocenters. The molecule has 3 heterocycles. The summed E-state index contributed by atoms with van der Waals surface area (Å²) in [4.78, 5) is 16.8. The number of sulfonamides is 1. The smallest absolute Gasteiger partial charge is 0.295 e. The molecule has 1 amide bonds. The fourth-order valence-corrected chi connectivity index (χ4v) is 13.2. The monoisotopic (exact) mass is 1120 g/mol. The van der Waals surface area contributed by atoms with Gasteiger partial charge in [-0.1, -0.05) is 38.1 Å². The number of allylic oxidation sites excluding steroid dienone is 6. The van der Waals surface area contributed by atoms with Gasteiger partial charge in [0.05, 0.1) is 36.3 Å². The van der Waals surface area contributed by atoms with Crippen LogP contribution in [0.4, 0.5) is 11.4 Å². The molecule has 0 spiro atoms. The summed E-state index contributed by atoms with van der Waals surface area (Å²) >= 11 is 0. The van der Waals surface area contributed by atoms with E-state index in [2.05, 4.69) is 10.3 Å². The van der Waals surface area contributed by atoms with E-state index in [1.807, 2.05) is 51.0 Å². The average Bonchev–Trinajstić information content (AvgIpc) is 3.69. The molecule has 25 heteroatoms. The second-order valence-corrected chi connectivity index (χ2v) is 25.9. The van der Waals surface area contributed by atoms with Gasteiger partial charge >= 0.3 is 0 Å². The molecule has 1 aromatic heterocycles. The van der Waals surface area contributed by atoms with Gasteiger partial charge in [-0.05, 0) is 122 Å². The Balaban J connectivity index is 1.27. The summed E-state index contributed by atoms with van der Waals surface area (Å²) in [6, 6.07) is 18.5. The van der Waals surface area contributed by atoms with E-state index in [4.69, 9.17) is 5.14 Å². The largest absolute Gasteiger partial charge is 0.744 e. The van der Waals surface area contributed by atoms with Gasteiger partial charge in [-0.15, -0.1) is 0 Å². The van der Waals surface area contributed by atoms with Crippen molar-refractivity contribution in [3.05, 3.63) is 149 Å². The lowest BCUT2D eigenvalue weighted by Gasteiger charge is -2.26. The standard InChI is InChI=1S/C50H49N5O15S5/c1-7-54-40-19-16-35-37(23-33(72(59,60)61)25-42(35)74(65,66)67)46(40)49(3,4)44(54)21-12-30(39-18-11-31(28-52-39)48(56)53-27-29-9-14-32(15-10-29)71(51,57)58)13-22-45-50(5,6)47-38-24-34(73(62,63)64)26-43(75(68,69)70)36(38)17-20-41(47)55(45)8-2/h9-26,28H,7-8,27H2,1-6H3,(H6-,51,53,56,57,58,59,60,61,62,63,64,65,66,67,68,69,70). The third-order valence-corrected chi connectivity index (χ3v) is 17.8. The Hall–Kier alpha value is -6.52. The molecule has 20 nitrogen and oxygen atoms in total. The second kappa shape index (κ2) is 18.9. The van der Waals surface area contributed by atoms with Crippen molar-refractivity contribution in [2.24, 2.45) is 5.14 Å². The fraction of sp³-hybridized carbons (Fsp3) is 0.220. The summed E-state index contributed by atoms with van der Waals surface area (Å²) < 4.78 is 169. The Morgan fingerprint density at radius 3 is 1.84 bits per heavy atom. The number of nitrogens with one attached hydrogen (secondary N) is 1. The van der Waals surface area contributed by atoms with Crippen LogP contribution in [-0.2, 0) is 67.9 Å². The minimum Gasteiger partial charge on any atom is -0.744 e. The van der Waals surface area contributed by atoms with E-state index in [9.17, 15) is 65.1 Å². The van der Waals surface area contributed by atoms with Gasteiger partial charge in [0, 0.05) is 70.1 Å². The van der Waals surface area contributed by atoms with Crippen LogP contribution in [0.2, 0.25) is 0 Å². The van der Waals surface area contributed by atoms with E-state index in [-0.39, 0.29) is 38.5 Å². The summed E-state index contributed by atoms with van der Waals surface area (Å²) in [6.07, 6.45) is 8.42. The predicted octanol–water partition coefficient (Wildman–Crippen LogP) is 6.35. The highest BCUT2D eigenvalue weighted by Crippen LogP contribution is 2.52. The lowest BCUT2D eigenvalue weighted by Crippen LogP contribution is -2.28. The molecular formula is C50H49N5O15S5. The molecule has 6 aromatic rings. The molecule has 5 aromatic carbocycles. The number of nitrogens with zero attached hydrogens (tertiary/aromatic N) is 3. The minimum absolute atomic E-state index is 0.00649. The summed E-state index contributed by atoms with van der Waals surface area (Å²) in [6.45, 7) is 11.8. The van der Waals surface area contributed by atoms with Gasteiger partial charge < -0.3 is 14.8 Å². The Labute approximate surface area is 433 Å². The minimum atomic E-state index is -5.25. The van der Waals surface area contributed by atoms with Gasteiger partial charge in [-0.2, -0.15) is 29.8 Å². The molecule has 0 atom stereocenters. The quantitative estimate of drug-likeness (QED) is 0.0451. The number of pyridine rings is 1. The molecule has 0 fully saturated rings. The maximum Gasteiger partial charge on any atom is 0.295 e. The third kappa shape index (κ3) is 10.2. The van der Waals surface area contributed by atoms with Crippen LogP contribution in [0.15, 0.2) is 146 Å². The van der Waals surface area contributed by atoms with Crippen molar-refractivity contribution < 1.29 is 69.7 Å². The first-order valence-electron chi connectivity index (χ1n) is 22.7. The van der Waals surface area contributed by atoms with Crippen LogP contribution in [-0.4, -0.2) is 94.6 Å². The molecule has 0 aliphatic carbocycles. The number of carbonyl (C=O) groups is 1. The fourth-order valence-electron chi connectivity index (χ4n) is 10.0. The molecule has 0 saturated carbocycles. The molecule has 2 aliphatic rings. The molecule has 394 valence electrons. The average molecular weight is 1120 g/mol. The van der Waals surface area contributed by atoms with Gasteiger partial charge in [-0.3, -0.25) is 23.4 Å². The lowest BCUT2D eigenvalue weighted by molar-refractivity contribution is -0.433. The van der Waals surface area contributed by atoms with E-state index in [0.717, 1.165) is 12.1 Å². The zero-order chi connectivity index (χ0) is 55.2. The summed E-state index contributed by atoms with van der Waals surface area (Å²) in [7, 11) is -24.2. The number of primary sulfonamides is 1. The Bertz CT molecular complexity index is 4170. The predicted molar refractivity (Wildman–Crippen MR) is 278 cm³/mol. The van der Waals surface area contributed by atoms with Gasteiger partial charge in [-0.25, -0.2) is 22.0 Å². The SMILES string of the molecule is CCN1/C(=C/C=C(/C=C/C2=[N+](CC)c3ccc4c(S(=O)(=O)[O-])cc(S(=O)(=O)O)cc4c3C2(C)C)c2ccc(C(=O)NCc3ccc(S(N)(=O)=O)cc3)cn2)C(C)(C)c2c1ccc1c(S(=O)(=O)O)cc(S(=O)(=O)O)cc21. The zero-order valence-electron chi connectivity index (χ0n) is 40.8. The van der Waals surface area contributed by atoms with Crippen molar-refractivity contribution in [3.8, 4) is 0 Å². The van der Waals surface area contributed by atoms with E-state index < -0.39 is 86.8 Å². The van der Waals surface area contributed by atoms with Gasteiger partial charge in [0.1, 0.15) is 21.6 Å². The first-order valence-corrected chi connectivity index (χ1v) is 30.0. The first-order chi connectivity index (χ1) is 34.7. The number of aromatic nitrogens is 1. The zero-order valence-corrected chi connectivity index (χ0v) is 44.9. The Morgan fingerprint density at radius 2 is 1.31 bits per heavy atom. The van der Waals surface area contributed by atoms with E-state index in [1.165, 1.54) is 48.7 Å². The molecule has 0 radical (unpaired) electrons. The van der Waals surface area contributed by atoms with Gasteiger partial charge in [0.2, 0.25) is 15.7 Å². The molecule has 2 aliphatic heterocycles. The van der Waals surface area contributed by atoms with Gasteiger partial charge in [0.25, 0.3) is 36.3 Å². The van der Waals surface area contributed by atoms with E-state index >= 15 is 0 Å². The van der Waals surface area contributed by atoms with Crippen molar-refractivity contribution in [2.45, 2.75) is 83.4 Å². The molecular weight excluding hydrogens is 1070 g/mol. The molecule has 0 bridgehead atoms. The topological polar surface area (TPSA) is 329 Å². The number of hydrogen-bond donors (Lipinski definition) is 5. The number of amides is 1. The van der Waals surface area contributed by atoms with Crippen LogP contribution in [0.1, 0.15) is 74.3 Å². The summed E-state index contributed by atoms with van der Waals surface area (Å²) in [5.74, 6) is -0.504.